The Balaban J connectivity index is 1.56. The Hall–Kier alpha value is -2.89. The number of anilines is 1. The van der Waals surface area contributed by atoms with Crippen LogP contribution in [-0.2, 0) is 11.2 Å². The van der Waals surface area contributed by atoms with Crippen molar-refractivity contribution in [3.63, 3.8) is 0 Å². The zero-order chi connectivity index (χ0) is 19.2. The predicted molar refractivity (Wildman–Crippen MR) is 104 cm³/mol. The molecule has 142 valence electrons. The first-order chi connectivity index (χ1) is 13.0. The smallest absolute Gasteiger partial charge is 0.271 e. The second-order valence-electron chi connectivity index (χ2n) is 6.98. The summed E-state index contributed by atoms with van der Waals surface area (Å²) in [7, 11) is 0. The van der Waals surface area contributed by atoms with Crippen molar-refractivity contribution in [2.45, 2.75) is 51.6 Å². The molecule has 1 aliphatic rings. The van der Waals surface area contributed by atoms with E-state index in [-0.39, 0.29) is 11.6 Å². The highest BCUT2D eigenvalue weighted by atomic mass is 16.6. The zero-order valence-electron chi connectivity index (χ0n) is 15.4. The van der Waals surface area contributed by atoms with E-state index >= 15 is 0 Å². The van der Waals surface area contributed by atoms with Crippen molar-refractivity contribution >= 4 is 17.3 Å². The molecule has 0 unspecified atom stereocenters. The Kier molecular flexibility index (Phi) is 6.06. The summed E-state index contributed by atoms with van der Waals surface area (Å²) >= 11 is 0. The second kappa shape index (κ2) is 8.66. The Labute approximate surface area is 158 Å². The lowest BCUT2D eigenvalue weighted by Crippen LogP contribution is -2.13. The topological polar surface area (TPSA) is 81.5 Å². The third-order valence-electron chi connectivity index (χ3n) is 4.85. The minimum absolute atomic E-state index is 0.0346. The number of hydrogen-bond acceptors (Lipinski definition) is 4. The van der Waals surface area contributed by atoms with Gasteiger partial charge in [-0.05, 0) is 62.3 Å². The maximum Gasteiger partial charge on any atom is 0.271 e. The number of hydrogen-bond donors (Lipinski definition) is 1. The molecular weight excluding hydrogens is 344 g/mol. The van der Waals surface area contributed by atoms with E-state index in [2.05, 4.69) is 5.32 Å². The van der Waals surface area contributed by atoms with Crippen LogP contribution in [0.3, 0.4) is 0 Å². The molecule has 1 amide bonds. The summed E-state index contributed by atoms with van der Waals surface area (Å²) in [5, 5.41) is 13.7. The number of nitro benzene ring substituents is 1. The number of aryl methyl sites for hydroxylation is 2. The van der Waals surface area contributed by atoms with E-state index in [4.69, 9.17) is 4.74 Å². The third-order valence-corrected chi connectivity index (χ3v) is 4.85. The standard InChI is InChI=1S/C21H24N2O4/c1-15-9-11-17(23(25)26)14-20(15)22-21(24)12-10-16-5-4-8-19(13-16)27-18-6-2-3-7-18/h4-5,8-9,11,13-14,18H,2-3,6-7,10,12H2,1H3,(H,22,24). The Morgan fingerprint density at radius 3 is 2.74 bits per heavy atom. The first kappa shape index (κ1) is 18.9. The van der Waals surface area contributed by atoms with E-state index in [1.54, 1.807) is 6.07 Å². The van der Waals surface area contributed by atoms with E-state index in [0.29, 0.717) is 24.6 Å². The molecule has 3 rings (SSSR count). The molecule has 6 nitrogen and oxygen atoms in total. The number of carbonyl (C=O) groups is 1. The van der Waals surface area contributed by atoms with Crippen LogP contribution in [0.15, 0.2) is 42.5 Å². The van der Waals surface area contributed by atoms with Gasteiger partial charge in [0, 0.05) is 18.6 Å². The van der Waals surface area contributed by atoms with Crippen molar-refractivity contribution < 1.29 is 14.5 Å². The van der Waals surface area contributed by atoms with Gasteiger partial charge in [-0.15, -0.1) is 0 Å². The molecule has 0 atom stereocenters. The van der Waals surface area contributed by atoms with Crippen LogP contribution < -0.4 is 10.1 Å². The number of benzene rings is 2. The largest absolute Gasteiger partial charge is 0.490 e. The van der Waals surface area contributed by atoms with Crippen LogP contribution in [0.2, 0.25) is 0 Å². The number of nitro groups is 1. The predicted octanol–water partition coefficient (Wildman–Crippen LogP) is 4.80. The molecule has 1 saturated carbocycles. The lowest BCUT2D eigenvalue weighted by molar-refractivity contribution is -0.384. The fourth-order valence-corrected chi connectivity index (χ4v) is 3.30. The van der Waals surface area contributed by atoms with Crippen LogP contribution in [0.5, 0.6) is 5.75 Å². The lowest BCUT2D eigenvalue weighted by atomic mass is 10.1. The molecule has 1 aliphatic carbocycles. The summed E-state index contributed by atoms with van der Waals surface area (Å²) in [4.78, 5) is 22.7. The maximum absolute atomic E-state index is 12.3. The van der Waals surface area contributed by atoms with Crippen LogP contribution in [0.25, 0.3) is 0 Å². The van der Waals surface area contributed by atoms with Crippen LogP contribution >= 0.6 is 0 Å². The van der Waals surface area contributed by atoms with Gasteiger partial charge in [0.1, 0.15) is 5.75 Å². The molecule has 0 saturated heterocycles. The molecule has 0 spiro atoms. The van der Waals surface area contributed by atoms with Crippen LogP contribution in [0.1, 0.15) is 43.2 Å². The average molecular weight is 368 g/mol. The molecule has 0 aliphatic heterocycles. The molecule has 1 N–H and O–H groups in total. The van der Waals surface area contributed by atoms with Crippen molar-refractivity contribution in [1.82, 2.24) is 0 Å². The molecule has 6 heteroatoms. The maximum atomic E-state index is 12.3. The summed E-state index contributed by atoms with van der Waals surface area (Å²) in [6.45, 7) is 1.81. The summed E-state index contributed by atoms with van der Waals surface area (Å²) in [6, 6.07) is 12.3. The first-order valence-electron chi connectivity index (χ1n) is 9.32. The average Bonchev–Trinajstić information content (AvgIpc) is 3.15. The van der Waals surface area contributed by atoms with Crippen molar-refractivity contribution in [2.75, 3.05) is 5.32 Å². The minimum atomic E-state index is -0.467. The number of rotatable bonds is 7. The highest BCUT2D eigenvalue weighted by Gasteiger charge is 2.16. The molecule has 1 fully saturated rings. The summed E-state index contributed by atoms with van der Waals surface area (Å²) in [5.74, 6) is 0.690. The molecule has 27 heavy (non-hydrogen) atoms. The van der Waals surface area contributed by atoms with E-state index in [9.17, 15) is 14.9 Å². The number of amides is 1. The second-order valence-corrected chi connectivity index (χ2v) is 6.98. The zero-order valence-corrected chi connectivity index (χ0v) is 15.4. The van der Waals surface area contributed by atoms with Gasteiger partial charge in [0.25, 0.3) is 5.69 Å². The highest BCUT2D eigenvalue weighted by Crippen LogP contribution is 2.25. The van der Waals surface area contributed by atoms with Gasteiger partial charge in [0.2, 0.25) is 5.91 Å². The van der Waals surface area contributed by atoms with Gasteiger partial charge in [-0.2, -0.15) is 0 Å². The quantitative estimate of drug-likeness (QED) is 0.562. The highest BCUT2D eigenvalue weighted by molar-refractivity contribution is 5.92. The molecule has 0 heterocycles. The number of nitrogens with one attached hydrogen (secondary N) is 1. The number of ether oxygens (including phenoxy) is 1. The van der Waals surface area contributed by atoms with Gasteiger partial charge in [0.05, 0.1) is 16.7 Å². The van der Waals surface area contributed by atoms with E-state index in [1.807, 2.05) is 31.2 Å². The molecule has 0 radical (unpaired) electrons. The Bertz CT molecular complexity index is 829. The van der Waals surface area contributed by atoms with Gasteiger partial charge in [0.15, 0.2) is 0 Å². The molecule has 0 bridgehead atoms. The Morgan fingerprint density at radius 1 is 1.22 bits per heavy atom. The van der Waals surface area contributed by atoms with Gasteiger partial charge in [-0.1, -0.05) is 18.2 Å². The van der Waals surface area contributed by atoms with E-state index in [0.717, 1.165) is 29.7 Å². The van der Waals surface area contributed by atoms with E-state index < -0.39 is 4.92 Å². The number of non-ortho nitro benzene ring substituents is 1. The molecule has 0 aromatic heterocycles. The van der Waals surface area contributed by atoms with Crippen LogP contribution in [-0.4, -0.2) is 16.9 Å². The van der Waals surface area contributed by atoms with Gasteiger partial charge < -0.3 is 10.1 Å². The molecule has 2 aromatic rings. The first-order valence-corrected chi connectivity index (χ1v) is 9.32. The fourth-order valence-electron chi connectivity index (χ4n) is 3.30. The fraction of sp³-hybridized carbons (Fsp3) is 0.381. The monoisotopic (exact) mass is 368 g/mol. The van der Waals surface area contributed by atoms with Crippen molar-refractivity contribution in [2.24, 2.45) is 0 Å². The summed E-state index contributed by atoms with van der Waals surface area (Å²) in [6.07, 6.45) is 5.85. The Morgan fingerprint density at radius 2 is 2.00 bits per heavy atom. The number of nitrogens with zero attached hydrogens (tertiary/aromatic N) is 1. The van der Waals surface area contributed by atoms with Crippen LogP contribution in [0, 0.1) is 17.0 Å². The van der Waals surface area contributed by atoms with Crippen molar-refractivity contribution in [3.05, 3.63) is 63.7 Å². The molecular formula is C21H24N2O4. The van der Waals surface area contributed by atoms with Crippen molar-refractivity contribution in [3.8, 4) is 5.75 Å². The van der Waals surface area contributed by atoms with Gasteiger partial charge in [-0.3, -0.25) is 14.9 Å². The minimum Gasteiger partial charge on any atom is -0.490 e. The lowest BCUT2D eigenvalue weighted by Gasteiger charge is -2.14. The van der Waals surface area contributed by atoms with Crippen LogP contribution in [0.4, 0.5) is 11.4 Å². The van der Waals surface area contributed by atoms with Crippen molar-refractivity contribution in [1.29, 1.82) is 0 Å². The van der Waals surface area contributed by atoms with Gasteiger partial charge in [-0.25, -0.2) is 0 Å². The normalized spacial score (nSPS) is 14.1. The van der Waals surface area contributed by atoms with E-state index in [1.165, 1.54) is 25.0 Å². The third kappa shape index (κ3) is 5.29. The molecule has 2 aromatic carbocycles. The summed E-state index contributed by atoms with van der Waals surface area (Å²) < 4.78 is 6.01. The SMILES string of the molecule is Cc1ccc([N+](=O)[O-])cc1NC(=O)CCc1cccc(OC2CCCC2)c1. The number of carbonyl (C=O) groups excluding carboxylic acids is 1. The van der Waals surface area contributed by atoms with Gasteiger partial charge >= 0.3 is 0 Å². The summed E-state index contributed by atoms with van der Waals surface area (Å²) in [5.41, 5.74) is 2.28.